The zero-order chi connectivity index (χ0) is 21.1. The minimum atomic E-state index is -0.314. The fourth-order valence-electron chi connectivity index (χ4n) is 3.52. The molecule has 0 fully saturated rings. The predicted molar refractivity (Wildman–Crippen MR) is 124 cm³/mol. The van der Waals surface area contributed by atoms with Gasteiger partial charge in [0, 0.05) is 11.8 Å². The van der Waals surface area contributed by atoms with Crippen molar-refractivity contribution in [3.63, 3.8) is 0 Å². The molecule has 4 rings (SSSR count). The lowest BCUT2D eigenvalue weighted by Gasteiger charge is -2.10. The molecule has 0 aliphatic heterocycles. The number of benzene rings is 2. The molecule has 2 aromatic heterocycles. The number of carbonyl (C=O) groups excluding carboxylic acids is 1. The van der Waals surface area contributed by atoms with E-state index in [-0.39, 0.29) is 18.4 Å². The first-order valence-corrected chi connectivity index (χ1v) is 10.0. The number of imidazole rings is 1. The van der Waals surface area contributed by atoms with Crippen LogP contribution in [0, 0.1) is 13.8 Å². The van der Waals surface area contributed by atoms with Crippen molar-refractivity contribution >= 4 is 24.0 Å². The summed E-state index contributed by atoms with van der Waals surface area (Å²) in [6.07, 6.45) is 1.98. The van der Waals surface area contributed by atoms with Crippen LogP contribution in [0.3, 0.4) is 0 Å². The summed E-state index contributed by atoms with van der Waals surface area (Å²) in [4.78, 5) is 16.7. The highest BCUT2D eigenvalue weighted by atomic mass is 35.5. The zero-order valence-electron chi connectivity index (χ0n) is 17.8. The summed E-state index contributed by atoms with van der Waals surface area (Å²) in [5.74, 6) is 0.420. The molecule has 0 saturated carbocycles. The van der Waals surface area contributed by atoms with Crippen LogP contribution in [-0.2, 0) is 11.3 Å². The second-order valence-electron chi connectivity index (χ2n) is 7.12. The van der Waals surface area contributed by atoms with Gasteiger partial charge in [0.1, 0.15) is 6.61 Å². The van der Waals surface area contributed by atoms with Gasteiger partial charge in [0.05, 0.1) is 23.6 Å². The minimum absolute atomic E-state index is 0. The van der Waals surface area contributed by atoms with Crippen molar-refractivity contribution in [2.24, 2.45) is 0 Å². The molecule has 2 heterocycles. The lowest BCUT2D eigenvalue weighted by atomic mass is 10.1. The lowest BCUT2D eigenvalue weighted by molar-refractivity contribution is 0.0526. The fourth-order valence-corrected chi connectivity index (χ4v) is 3.52. The Bertz CT molecular complexity index is 1200. The highest BCUT2D eigenvalue weighted by Crippen LogP contribution is 2.30. The zero-order valence-corrected chi connectivity index (χ0v) is 18.6. The number of aryl methyl sites for hydroxylation is 2. The maximum Gasteiger partial charge on any atom is 0.338 e. The Morgan fingerprint density at radius 3 is 2.45 bits per heavy atom. The molecular formula is C25H25ClN2O3. The van der Waals surface area contributed by atoms with Crippen molar-refractivity contribution in [3.05, 3.63) is 89.2 Å². The van der Waals surface area contributed by atoms with Crippen LogP contribution in [0.2, 0.25) is 0 Å². The van der Waals surface area contributed by atoms with E-state index in [1.165, 1.54) is 5.56 Å². The van der Waals surface area contributed by atoms with Crippen LogP contribution >= 0.6 is 12.4 Å². The Morgan fingerprint density at radius 2 is 1.74 bits per heavy atom. The summed E-state index contributed by atoms with van der Waals surface area (Å²) >= 11 is 0. The van der Waals surface area contributed by atoms with Gasteiger partial charge in [-0.2, -0.15) is 0 Å². The molecule has 0 atom stereocenters. The molecule has 0 bridgehead atoms. The van der Waals surface area contributed by atoms with E-state index in [9.17, 15) is 4.79 Å². The topological polar surface area (TPSA) is 52.8 Å². The van der Waals surface area contributed by atoms with Gasteiger partial charge in [-0.05, 0) is 56.2 Å². The van der Waals surface area contributed by atoms with Gasteiger partial charge in [0.15, 0.2) is 11.4 Å². The van der Waals surface area contributed by atoms with Crippen LogP contribution in [0.1, 0.15) is 34.1 Å². The van der Waals surface area contributed by atoms with E-state index in [4.69, 9.17) is 14.5 Å². The van der Waals surface area contributed by atoms with Crippen LogP contribution in [0.25, 0.3) is 16.9 Å². The third-order valence-corrected chi connectivity index (χ3v) is 5.10. The van der Waals surface area contributed by atoms with E-state index in [2.05, 4.69) is 19.1 Å². The van der Waals surface area contributed by atoms with Crippen molar-refractivity contribution in [1.29, 1.82) is 0 Å². The van der Waals surface area contributed by atoms with E-state index in [1.54, 1.807) is 19.1 Å². The molecule has 0 unspecified atom stereocenters. The number of rotatable bonds is 6. The molecule has 0 saturated heterocycles. The normalized spacial score (nSPS) is 10.5. The summed E-state index contributed by atoms with van der Waals surface area (Å²) in [5.41, 5.74) is 6.50. The van der Waals surface area contributed by atoms with E-state index in [0.29, 0.717) is 18.8 Å². The summed E-state index contributed by atoms with van der Waals surface area (Å²) < 4.78 is 13.2. The van der Waals surface area contributed by atoms with Crippen LogP contribution in [0.4, 0.5) is 0 Å². The van der Waals surface area contributed by atoms with Gasteiger partial charge in [-0.25, -0.2) is 9.78 Å². The van der Waals surface area contributed by atoms with Crippen LogP contribution in [-0.4, -0.2) is 22.0 Å². The van der Waals surface area contributed by atoms with Gasteiger partial charge < -0.3 is 9.47 Å². The van der Waals surface area contributed by atoms with Gasteiger partial charge in [0.25, 0.3) is 0 Å². The van der Waals surface area contributed by atoms with E-state index in [1.807, 2.05) is 53.9 Å². The first-order valence-electron chi connectivity index (χ1n) is 10.0. The molecule has 160 valence electrons. The number of esters is 1. The second-order valence-corrected chi connectivity index (χ2v) is 7.12. The Labute approximate surface area is 188 Å². The third kappa shape index (κ3) is 4.57. The molecule has 0 aliphatic rings. The fraction of sp³-hybridized carbons (Fsp3) is 0.200. The SMILES string of the molecule is CCOC(=O)c1ccc(-c2c(C)nc3c(OCc4ccccc4C)cccn23)cc1.Cl. The molecular weight excluding hydrogens is 412 g/mol. The predicted octanol–water partition coefficient (Wildman–Crippen LogP) is 5.80. The first kappa shape index (κ1) is 22.4. The monoisotopic (exact) mass is 436 g/mol. The largest absolute Gasteiger partial charge is 0.485 e. The van der Waals surface area contributed by atoms with Crippen LogP contribution in [0.15, 0.2) is 66.9 Å². The summed E-state index contributed by atoms with van der Waals surface area (Å²) in [7, 11) is 0. The lowest BCUT2D eigenvalue weighted by Crippen LogP contribution is -2.04. The molecule has 2 aromatic carbocycles. The number of carbonyl (C=O) groups is 1. The number of ether oxygens (including phenoxy) is 2. The standard InChI is InChI=1S/C25H24N2O3.ClH/c1-4-29-25(28)20-13-11-19(12-14-20)23-18(3)26-24-22(10-7-15-27(23)24)30-16-21-9-6-5-8-17(21)2;/h5-15H,4,16H2,1-3H3;1H. The number of halogens is 1. The Morgan fingerprint density at radius 1 is 1.00 bits per heavy atom. The summed E-state index contributed by atoms with van der Waals surface area (Å²) in [6.45, 7) is 6.70. The second kappa shape index (κ2) is 9.67. The molecule has 4 aromatic rings. The van der Waals surface area contributed by atoms with E-state index in [0.717, 1.165) is 33.9 Å². The summed E-state index contributed by atoms with van der Waals surface area (Å²) in [6, 6.07) is 19.5. The summed E-state index contributed by atoms with van der Waals surface area (Å²) in [5, 5.41) is 0. The molecule has 5 nitrogen and oxygen atoms in total. The molecule has 0 radical (unpaired) electrons. The number of aromatic nitrogens is 2. The Balaban J connectivity index is 0.00000272. The quantitative estimate of drug-likeness (QED) is 0.359. The average Bonchev–Trinajstić information content (AvgIpc) is 3.10. The van der Waals surface area contributed by atoms with Crippen molar-refractivity contribution in [1.82, 2.24) is 9.38 Å². The van der Waals surface area contributed by atoms with Gasteiger partial charge in [0.2, 0.25) is 0 Å². The minimum Gasteiger partial charge on any atom is -0.485 e. The number of hydrogen-bond donors (Lipinski definition) is 0. The average molecular weight is 437 g/mol. The first-order chi connectivity index (χ1) is 14.6. The van der Waals surface area contributed by atoms with Gasteiger partial charge in [-0.3, -0.25) is 4.40 Å². The molecule has 0 spiro atoms. The van der Waals surface area contributed by atoms with Gasteiger partial charge in [-0.1, -0.05) is 36.4 Å². The number of fused-ring (bicyclic) bond motifs is 1. The highest BCUT2D eigenvalue weighted by Gasteiger charge is 2.15. The molecule has 6 heteroatoms. The molecule has 31 heavy (non-hydrogen) atoms. The van der Waals surface area contributed by atoms with E-state index < -0.39 is 0 Å². The van der Waals surface area contributed by atoms with Crippen LogP contribution < -0.4 is 4.74 Å². The van der Waals surface area contributed by atoms with Gasteiger partial charge in [-0.15, -0.1) is 12.4 Å². The van der Waals surface area contributed by atoms with Gasteiger partial charge >= 0.3 is 5.97 Å². The molecule has 0 N–H and O–H groups in total. The Kier molecular flexibility index (Phi) is 6.98. The number of nitrogens with zero attached hydrogens (tertiary/aromatic N) is 2. The number of hydrogen-bond acceptors (Lipinski definition) is 4. The Hall–Kier alpha value is -3.31. The van der Waals surface area contributed by atoms with Crippen molar-refractivity contribution < 1.29 is 14.3 Å². The smallest absolute Gasteiger partial charge is 0.338 e. The maximum atomic E-state index is 11.9. The maximum absolute atomic E-state index is 11.9. The number of pyridine rings is 1. The van der Waals surface area contributed by atoms with Crippen molar-refractivity contribution in [2.45, 2.75) is 27.4 Å². The molecule has 0 aliphatic carbocycles. The van der Waals surface area contributed by atoms with Crippen LogP contribution in [0.5, 0.6) is 5.75 Å². The molecule has 0 amide bonds. The van der Waals surface area contributed by atoms with Crippen molar-refractivity contribution in [2.75, 3.05) is 6.61 Å². The van der Waals surface area contributed by atoms with E-state index >= 15 is 0 Å². The highest BCUT2D eigenvalue weighted by molar-refractivity contribution is 5.90. The van der Waals surface area contributed by atoms with Crippen molar-refractivity contribution in [3.8, 4) is 17.0 Å². The third-order valence-electron chi connectivity index (χ3n) is 5.10.